The van der Waals surface area contributed by atoms with Crippen LogP contribution in [0.5, 0.6) is 0 Å². The molecule has 0 spiro atoms. The Balaban J connectivity index is 2.60. The van der Waals surface area contributed by atoms with Crippen LogP contribution in [-0.2, 0) is 4.79 Å². The van der Waals surface area contributed by atoms with Gasteiger partial charge < -0.3 is 0 Å². The lowest BCUT2D eigenvalue weighted by Gasteiger charge is -2.00. The molecule has 0 heterocycles. The third-order valence-corrected chi connectivity index (χ3v) is 1.47. The van der Waals surface area contributed by atoms with Gasteiger partial charge in [0.15, 0.2) is 0 Å². The van der Waals surface area contributed by atoms with Crippen LogP contribution in [0.25, 0.3) is 0 Å². The molecule has 0 aromatic heterocycles. The third-order valence-electron chi connectivity index (χ3n) is 1.47. The van der Waals surface area contributed by atoms with Gasteiger partial charge >= 0.3 is 0 Å². The van der Waals surface area contributed by atoms with Crippen LogP contribution in [0, 0.1) is 11.8 Å². The lowest BCUT2D eigenvalue weighted by atomic mass is 10.1. The van der Waals surface area contributed by atoms with Gasteiger partial charge in [0.25, 0.3) is 0 Å². The zero-order valence-electron chi connectivity index (χ0n) is 6.21. The second-order valence-electron chi connectivity index (χ2n) is 2.31. The van der Waals surface area contributed by atoms with E-state index in [0.717, 1.165) is 19.3 Å². The summed E-state index contributed by atoms with van der Waals surface area (Å²) >= 11 is 0. The average molecular weight is 147 g/mol. The molecular weight excluding hydrogens is 138 g/mol. The Morgan fingerprint density at radius 1 is 1.55 bits per heavy atom. The van der Waals surface area contributed by atoms with Gasteiger partial charge in [0, 0.05) is 6.42 Å². The van der Waals surface area contributed by atoms with E-state index in [1.165, 1.54) is 6.08 Å². The van der Waals surface area contributed by atoms with Crippen molar-refractivity contribution in [3.63, 3.8) is 0 Å². The van der Waals surface area contributed by atoms with Crippen molar-refractivity contribution in [3.8, 4) is 11.8 Å². The Hall–Kier alpha value is -1.32. The van der Waals surface area contributed by atoms with Gasteiger partial charge in [-0.15, -0.1) is 0 Å². The summed E-state index contributed by atoms with van der Waals surface area (Å²) in [6, 6.07) is -0.127. The van der Waals surface area contributed by atoms with E-state index in [9.17, 15) is 4.79 Å². The van der Waals surface area contributed by atoms with Crippen LogP contribution in [0.4, 0.5) is 0 Å². The van der Waals surface area contributed by atoms with Crippen LogP contribution in [-0.4, -0.2) is 12.1 Å². The summed E-state index contributed by atoms with van der Waals surface area (Å²) in [5, 5.41) is 0. The first-order valence-corrected chi connectivity index (χ1v) is 3.64. The van der Waals surface area contributed by atoms with Crippen molar-refractivity contribution in [2.24, 2.45) is 4.99 Å². The molecule has 0 aliphatic heterocycles. The van der Waals surface area contributed by atoms with Crippen LogP contribution in [0.3, 0.4) is 0 Å². The second-order valence-corrected chi connectivity index (χ2v) is 2.31. The molecule has 1 aliphatic carbocycles. The molecule has 0 aromatic carbocycles. The minimum atomic E-state index is -0.127. The minimum Gasteiger partial charge on any atom is -0.211 e. The maximum atomic E-state index is 9.89. The Labute approximate surface area is 66.0 Å². The maximum absolute atomic E-state index is 9.89. The SMILES string of the molecule is O=C=NC1C#CC/C=C\CC1. The molecular formula is C9H9NO. The van der Waals surface area contributed by atoms with Crippen molar-refractivity contribution < 1.29 is 4.79 Å². The van der Waals surface area contributed by atoms with Gasteiger partial charge in [-0.2, -0.15) is 4.99 Å². The smallest absolute Gasteiger partial charge is 0.211 e. The van der Waals surface area contributed by atoms with Crippen molar-refractivity contribution in [1.29, 1.82) is 0 Å². The summed E-state index contributed by atoms with van der Waals surface area (Å²) in [6.45, 7) is 0. The highest BCUT2D eigenvalue weighted by molar-refractivity contribution is 5.35. The third kappa shape index (κ3) is 2.84. The molecule has 2 nitrogen and oxygen atoms in total. The summed E-state index contributed by atoms with van der Waals surface area (Å²) in [6.07, 6.45) is 8.19. The molecule has 0 N–H and O–H groups in total. The molecule has 2 heteroatoms. The molecule has 1 rings (SSSR count). The van der Waals surface area contributed by atoms with Crippen molar-refractivity contribution in [2.45, 2.75) is 25.3 Å². The lowest BCUT2D eigenvalue weighted by Crippen LogP contribution is -2.00. The highest BCUT2D eigenvalue weighted by Crippen LogP contribution is 2.04. The summed E-state index contributed by atoms with van der Waals surface area (Å²) in [7, 11) is 0. The zero-order valence-corrected chi connectivity index (χ0v) is 6.21. The van der Waals surface area contributed by atoms with E-state index >= 15 is 0 Å². The van der Waals surface area contributed by atoms with E-state index in [-0.39, 0.29) is 6.04 Å². The number of hydrogen-bond acceptors (Lipinski definition) is 2. The van der Waals surface area contributed by atoms with E-state index in [2.05, 4.69) is 22.9 Å². The van der Waals surface area contributed by atoms with Gasteiger partial charge in [0.1, 0.15) is 6.04 Å². The van der Waals surface area contributed by atoms with E-state index in [4.69, 9.17) is 0 Å². The summed E-state index contributed by atoms with van der Waals surface area (Å²) in [4.78, 5) is 13.5. The number of carbonyl (C=O) groups excluding carboxylic acids is 1. The zero-order chi connectivity index (χ0) is 7.94. The molecule has 0 saturated carbocycles. The molecule has 0 aromatic rings. The minimum absolute atomic E-state index is 0.127. The second kappa shape index (κ2) is 4.49. The molecule has 11 heavy (non-hydrogen) atoms. The molecule has 1 unspecified atom stereocenters. The molecule has 0 radical (unpaired) electrons. The first-order chi connectivity index (χ1) is 5.43. The summed E-state index contributed by atoms with van der Waals surface area (Å²) in [5.74, 6) is 5.80. The predicted octanol–water partition coefficient (Wildman–Crippen LogP) is 1.43. The highest BCUT2D eigenvalue weighted by Gasteiger charge is 2.00. The Morgan fingerprint density at radius 2 is 2.45 bits per heavy atom. The van der Waals surface area contributed by atoms with Crippen LogP contribution < -0.4 is 0 Å². The fourth-order valence-electron chi connectivity index (χ4n) is 0.924. The normalized spacial score (nSPS) is 24.9. The molecule has 56 valence electrons. The van der Waals surface area contributed by atoms with Gasteiger partial charge in [0.05, 0.1) is 0 Å². The molecule has 0 bridgehead atoms. The molecule has 0 fully saturated rings. The van der Waals surface area contributed by atoms with Crippen molar-refractivity contribution in [1.82, 2.24) is 0 Å². The number of nitrogens with zero attached hydrogens (tertiary/aromatic N) is 1. The Kier molecular flexibility index (Phi) is 3.18. The largest absolute Gasteiger partial charge is 0.236 e. The number of hydrogen-bond donors (Lipinski definition) is 0. The van der Waals surface area contributed by atoms with Gasteiger partial charge in [-0.1, -0.05) is 24.0 Å². The fourth-order valence-corrected chi connectivity index (χ4v) is 0.924. The van der Waals surface area contributed by atoms with E-state index < -0.39 is 0 Å². The first-order valence-electron chi connectivity index (χ1n) is 3.64. The monoisotopic (exact) mass is 147 g/mol. The van der Waals surface area contributed by atoms with Gasteiger partial charge in [0.2, 0.25) is 6.08 Å². The standard InChI is InChI=1S/C9H9NO/c11-8-10-9-6-4-2-1-3-5-7-9/h1-2,9H,3-4,6H2/b2-1-. The number of allylic oxidation sites excluding steroid dienone is 2. The first kappa shape index (κ1) is 7.78. The van der Waals surface area contributed by atoms with Crippen molar-refractivity contribution >= 4 is 6.08 Å². The van der Waals surface area contributed by atoms with Crippen molar-refractivity contribution in [3.05, 3.63) is 12.2 Å². The average Bonchev–Trinajstić information content (AvgIpc) is 1.94. The molecule has 0 saturated heterocycles. The highest BCUT2D eigenvalue weighted by atomic mass is 16.1. The molecule has 1 atom stereocenters. The van der Waals surface area contributed by atoms with Gasteiger partial charge in [-0.05, 0) is 12.8 Å². The summed E-state index contributed by atoms with van der Waals surface area (Å²) < 4.78 is 0. The Bertz CT molecular complexity index is 250. The topological polar surface area (TPSA) is 29.4 Å². The summed E-state index contributed by atoms with van der Waals surface area (Å²) in [5.41, 5.74) is 0. The number of aliphatic imine (C=N–C) groups is 1. The number of isocyanates is 1. The predicted molar refractivity (Wildman–Crippen MR) is 42.7 cm³/mol. The van der Waals surface area contributed by atoms with Gasteiger partial charge in [-0.3, -0.25) is 0 Å². The fraction of sp³-hybridized carbons (Fsp3) is 0.444. The van der Waals surface area contributed by atoms with Gasteiger partial charge in [-0.25, -0.2) is 4.79 Å². The number of rotatable bonds is 1. The molecule has 0 amide bonds. The van der Waals surface area contributed by atoms with Crippen LogP contribution in [0.1, 0.15) is 19.3 Å². The maximum Gasteiger partial charge on any atom is 0.236 e. The Morgan fingerprint density at radius 3 is 3.27 bits per heavy atom. The van der Waals surface area contributed by atoms with E-state index in [0.29, 0.717) is 0 Å². The van der Waals surface area contributed by atoms with Crippen LogP contribution in [0.15, 0.2) is 17.1 Å². The van der Waals surface area contributed by atoms with Crippen molar-refractivity contribution in [2.75, 3.05) is 0 Å². The lowest BCUT2D eigenvalue weighted by molar-refractivity contribution is 0.559. The van der Waals surface area contributed by atoms with Crippen LogP contribution >= 0.6 is 0 Å². The molecule has 1 aliphatic rings. The quantitative estimate of drug-likeness (QED) is 0.239. The van der Waals surface area contributed by atoms with E-state index in [1.54, 1.807) is 0 Å². The van der Waals surface area contributed by atoms with Crippen LogP contribution in [0.2, 0.25) is 0 Å². The van der Waals surface area contributed by atoms with E-state index in [1.807, 2.05) is 6.08 Å².